The summed E-state index contributed by atoms with van der Waals surface area (Å²) in [7, 11) is 0. The number of ketones is 1. The lowest BCUT2D eigenvalue weighted by Crippen LogP contribution is -2.18. The number of rotatable bonds is 7. The fraction of sp³-hybridized carbons (Fsp3) is 0.192. The fourth-order valence-electron chi connectivity index (χ4n) is 4.43. The molecule has 0 unspecified atom stereocenters. The molecule has 0 spiro atoms. The number of aliphatic carboxylic acids is 1. The van der Waals surface area contributed by atoms with Crippen LogP contribution in [-0.2, 0) is 4.79 Å². The first-order valence-corrected chi connectivity index (χ1v) is 11.4. The summed E-state index contributed by atoms with van der Waals surface area (Å²) < 4.78 is 5.81. The molecule has 0 radical (unpaired) electrons. The van der Waals surface area contributed by atoms with Gasteiger partial charge in [0, 0.05) is 35.8 Å². The zero-order valence-electron chi connectivity index (χ0n) is 18.1. The number of carboxylic acid groups (broad SMARTS) is 1. The summed E-state index contributed by atoms with van der Waals surface area (Å²) >= 11 is 6.48. The Balaban J connectivity index is 1.42. The second-order valence-electron chi connectivity index (χ2n) is 8.36. The third kappa shape index (κ3) is 4.34. The van der Waals surface area contributed by atoms with Crippen LogP contribution in [0.15, 0.2) is 67.0 Å². The largest absolute Gasteiger partial charge is 0.481 e. The van der Waals surface area contributed by atoms with E-state index < -0.39 is 5.97 Å². The second-order valence-corrected chi connectivity index (χ2v) is 8.77. The van der Waals surface area contributed by atoms with Crippen LogP contribution >= 0.6 is 11.6 Å². The van der Waals surface area contributed by atoms with E-state index in [1.165, 1.54) is 0 Å². The van der Waals surface area contributed by atoms with Gasteiger partial charge in [-0.3, -0.25) is 9.59 Å². The number of para-hydroxylation sites is 1. The van der Waals surface area contributed by atoms with Crippen molar-refractivity contribution in [3.63, 3.8) is 0 Å². The number of hydrogen-bond acceptors (Lipinski definition) is 5. The zero-order chi connectivity index (χ0) is 23.7. The maximum atomic E-state index is 13.5. The highest BCUT2D eigenvalue weighted by Crippen LogP contribution is 2.34. The highest BCUT2D eigenvalue weighted by atomic mass is 35.5. The number of carbonyl (C=O) groups is 2. The summed E-state index contributed by atoms with van der Waals surface area (Å²) in [6.07, 6.45) is 5.21. The van der Waals surface area contributed by atoms with E-state index in [4.69, 9.17) is 16.3 Å². The van der Waals surface area contributed by atoms with Crippen molar-refractivity contribution in [1.29, 1.82) is 0 Å². The lowest BCUT2D eigenvalue weighted by atomic mass is 10.0. The molecule has 2 heterocycles. The Bertz CT molecular complexity index is 1370. The van der Waals surface area contributed by atoms with Gasteiger partial charge in [0.15, 0.2) is 5.78 Å². The minimum absolute atomic E-state index is 0.0163. The minimum Gasteiger partial charge on any atom is -0.481 e. The van der Waals surface area contributed by atoms with E-state index in [2.05, 4.69) is 15.3 Å². The molecule has 2 atom stereocenters. The van der Waals surface area contributed by atoms with Crippen LogP contribution in [-0.4, -0.2) is 32.9 Å². The van der Waals surface area contributed by atoms with E-state index in [-0.39, 0.29) is 22.8 Å². The van der Waals surface area contributed by atoms with Crippen molar-refractivity contribution in [2.75, 3.05) is 5.32 Å². The van der Waals surface area contributed by atoms with Gasteiger partial charge in [-0.1, -0.05) is 29.8 Å². The van der Waals surface area contributed by atoms with Crippen LogP contribution in [0.25, 0.3) is 11.0 Å². The van der Waals surface area contributed by atoms with Gasteiger partial charge in [-0.25, -0.2) is 4.98 Å². The van der Waals surface area contributed by atoms with Crippen molar-refractivity contribution in [1.82, 2.24) is 9.97 Å². The van der Waals surface area contributed by atoms with Crippen molar-refractivity contribution >= 4 is 40.1 Å². The summed E-state index contributed by atoms with van der Waals surface area (Å²) in [5.74, 6) is -0.153. The number of pyridine rings is 1. The van der Waals surface area contributed by atoms with E-state index in [0.717, 1.165) is 12.1 Å². The van der Waals surface area contributed by atoms with Crippen molar-refractivity contribution in [3.8, 4) is 11.5 Å². The molecule has 8 heteroatoms. The second kappa shape index (κ2) is 9.19. The molecule has 1 aliphatic carbocycles. The van der Waals surface area contributed by atoms with E-state index in [1.54, 1.807) is 36.7 Å². The van der Waals surface area contributed by atoms with Gasteiger partial charge in [-0.15, -0.1) is 0 Å². The van der Waals surface area contributed by atoms with Crippen LogP contribution < -0.4 is 10.1 Å². The van der Waals surface area contributed by atoms with E-state index in [0.29, 0.717) is 46.5 Å². The average Bonchev–Trinajstić information content (AvgIpc) is 3.47. The Hall–Kier alpha value is -3.84. The molecule has 0 aliphatic heterocycles. The Morgan fingerprint density at radius 3 is 2.62 bits per heavy atom. The number of fused-ring (bicyclic) bond motifs is 1. The van der Waals surface area contributed by atoms with Crippen molar-refractivity contribution in [2.24, 2.45) is 5.92 Å². The molecular weight excluding hydrogens is 454 g/mol. The van der Waals surface area contributed by atoms with Crippen LogP contribution in [0.3, 0.4) is 0 Å². The first-order valence-electron chi connectivity index (χ1n) is 11.0. The molecule has 34 heavy (non-hydrogen) atoms. The summed E-state index contributed by atoms with van der Waals surface area (Å²) in [5, 5.41) is 13.7. The van der Waals surface area contributed by atoms with E-state index >= 15 is 0 Å². The normalized spacial score (nSPS) is 17.6. The fourth-order valence-corrected chi connectivity index (χ4v) is 4.68. The number of carboxylic acids is 1. The van der Waals surface area contributed by atoms with Crippen LogP contribution in [0.4, 0.5) is 5.69 Å². The number of H-pyrrole nitrogens is 1. The number of aromatic nitrogens is 2. The Morgan fingerprint density at radius 1 is 1.06 bits per heavy atom. The first kappa shape index (κ1) is 22.0. The molecule has 1 aliphatic rings. The van der Waals surface area contributed by atoms with Gasteiger partial charge in [-0.05, 0) is 49.6 Å². The molecule has 5 rings (SSSR count). The van der Waals surface area contributed by atoms with Gasteiger partial charge in [-0.2, -0.15) is 0 Å². The summed E-state index contributed by atoms with van der Waals surface area (Å²) in [4.78, 5) is 32.2. The van der Waals surface area contributed by atoms with Crippen LogP contribution in [0, 0.1) is 5.92 Å². The molecule has 1 saturated carbocycles. The molecular formula is C26H22ClN3O4. The van der Waals surface area contributed by atoms with Gasteiger partial charge >= 0.3 is 5.97 Å². The molecule has 4 aromatic rings. The number of nitrogens with zero attached hydrogens (tertiary/aromatic N) is 1. The number of aromatic amines is 1. The molecule has 0 saturated heterocycles. The van der Waals surface area contributed by atoms with Gasteiger partial charge in [0.2, 0.25) is 0 Å². The molecule has 0 amide bonds. The molecule has 2 aromatic heterocycles. The predicted molar refractivity (Wildman–Crippen MR) is 130 cm³/mol. The van der Waals surface area contributed by atoms with Crippen LogP contribution in [0.2, 0.25) is 5.02 Å². The zero-order valence-corrected chi connectivity index (χ0v) is 18.9. The van der Waals surface area contributed by atoms with Crippen LogP contribution in [0.1, 0.15) is 35.2 Å². The number of benzene rings is 2. The molecule has 172 valence electrons. The number of nitrogens with one attached hydrogen (secondary N) is 2. The molecule has 3 N–H and O–H groups in total. The third-order valence-electron chi connectivity index (χ3n) is 6.12. The topological polar surface area (TPSA) is 104 Å². The highest BCUT2D eigenvalue weighted by molar-refractivity contribution is 6.35. The number of carbonyl (C=O) groups excluding carboxylic acids is 1. The molecule has 7 nitrogen and oxygen atoms in total. The maximum absolute atomic E-state index is 13.5. The lowest BCUT2D eigenvalue weighted by Gasteiger charge is -2.15. The standard InChI is InChI=1S/C26H22ClN3O4/c27-21-13-18(34-17-4-2-1-3-5-17)8-9-19(21)24(31)20-14-29-25-23(20)22(10-11-28-25)30-16-7-6-15(12-16)26(32)33/h1-5,8-11,13-16H,6-7,12H2,(H,32,33)(H2,28,29,30)/t15-,16+/m1/s1. The SMILES string of the molecule is O=C(c1ccc(Oc2ccccc2)cc1Cl)c1c[nH]c2nccc(N[C@H]3CC[C@@H](C(=O)O)C3)c12. The summed E-state index contributed by atoms with van der Waals surface area (Å²) in [6, 6.07) is 16.1. The van der Waals surface area contributed by atoms with Gasteiger partial charge in [0.25, 0.3) is 0 Å². The molecule has 2 aromatic carbocycles. The van der Waals surface area contributed by atoms with E-state index in [1.807, 2.05) is 30.3 Å². The average molecular weight is 476 g/mol. The Morgan fingerprint density at radius 2 is 1.88 bits per heavy atom. The van der Waals surface area contributed by atoms with E-state index in [9.17, 15) is 14.7 Å². The smallest absolute Gasteiger partial charge is 0.306 e. The van der Waals surface area contributed by atoms with Crippen molar-refractivity contribution in [3.05, 3.63) is 83.1 Å². The maximum Gasteiger partial charge on any atom is 0.306 e. The van der Waals surface area contributed by atoms with Crippen LogP contribution in [0.5, 0.6) is 11.5 Å². The number of halogens is 1. The quantitative estimate of drug-likeness (QED) is 0.287. The third-order valence-corrected chi connectivity index (χ3v) is 6.44. The highest BCUT2D eigenvalue weighted by Gasteiger charge is 2.30. The van der Waals surface area contributed by atoms with Crippen molar-refractivity contribution in [2.45, 2.75) is 25.3 Å². The predicted octanol–water partition coefficient (Wildman–Crippen LogP) is 5.90. The van der Waals surface area contributed by atoms with Crippen molar-refractivity contribution < 1.29 is 19.4 Å². The Labute approximate surface area is 200 Å². The minimum atomic E-state index is -0.768. The summed E-state index contributed by atoms with van der Waals surface area (Å²) in [5.41, 5.74) is 2.11. The van der Waals surface area contributed by atoms with Gasteiger partial charge in [0.05, 0.1) is 21.9 Å². The number of ether oxygens (including phenoxy) is 1. The molecule has 1 fully saturated rings. The van der Waals surface area contributed by atoms with Gasteiger partial charge < -0.3 is 20.1 Å². The molecule has 0 bridgehead atoms. The Kier molecular flexibility index (Phi) is 5.94. The number of hydrogen-bond donors (Lipinski definition) is 3. The lowest BCUT2D eigenvalue weighted by molar-refractivity contribution is -0.141. The first-order chi connectivity index (χ1) is 16.5. The summed E-state index contributed by atoms with van der Waals surface area (Å²) in [6.45, 7) is 0. The number of anilines is 1. The van der Waals surface area contributed by atoms with Gasteiger partial charge in [0.1, 0.15) is 17.1 Å². The monoisotopic (exact) mass is 475 g/mol.